The molecule has 0 aromatic heterocycles. The second-order valence-corrected chi connectivity index (χ2v) is 13.0. The van der Waals surface area contributed by atoms with Crippen LogP contribution in [0.4, 0.5) is 13.6 Å². The number of oxime groups is 1. The molecule has 0 bridgehead atoms. The van der Waals surface area contributed by atoms with Crippen LogP contribution in [0.15, 0.2) is 35.5 Å². The molecule has 230 valence electrons. The summed E-state index contributed by atoms with van der Waals surface area (Å²) in [5.41, 5.74) is -1.78. The van der Waals surface area contributed by atoms with Gasteiger partial charge in [-0.2, -0.15) is 0 Å². The van der Waals surface area contributed by atoms with Gasteiger partial charge in [0.15, 0.2) is 5.67 Å². The van der Waals surface area contributed by atoms with Crippen LogP contribution in [-0.4, -0.2) is 102 Å². The van der Waals surface area contributed by atoms with Gasteiger partial charge in [-0.15, -0.1) is 0 Å². The summed E-state index contributed by atoms with van der Waals surface area (Å²) >= 11 is 0. The van der Waals surface area contributed by atoms with Gasteiger partial charge < -0.3 is 24.1 Å². The van der Waals surface area contributed by atoms with Crippen molar-refractivity contribution in [2.24, 2.45) is 11.1 Å². The van der Waals surface area contributed by atoms with Crippen molar-refractivity contribution in [1.82, 2.24) is 14.7 Å². The number of hydrogen-bond acceptors (Lipinski definition) is 7. The number of halogens is 2. The molecule has 1 aromatic carbocycles. The van der Waals surface area contributed by atoms with Crippen LogP contribution < -0.4 is 4.74 Å². The van der Waals surface area contributed by atoms with Crippen LogP contribution in [0.3, 0.4) is 0 Å². The third-order valence-electron chi connectivity index (χ3n) is 8.60. The molecule has 0 atom stereocenters. The van der Waals surface area contributed by atoms with Crippen molar-refractivity contribution in [3.63, 3.8) is 0 Å². The summed E-state index contributed by atoms with van der Waals surface area (Å²) < 4.78 is 41.5. The van der Waals surface area contributed by atoms with Crippen LogP contribution in [0.25, 0.3) is 0 Å². The number of carbonyl (C=O) groups excluding carboxylic acids is 2. The van der Waals surface area contributed by atoms with E-state index in [1.54, 1.807) is 15.9 Å². The maximum absolute atomic E-state index is 15.9. The van der Waals surface area contributed by atoms with Crippen molar-refractivity contribution in [1.29, 1.82) is 0 Å². The summed E-state index contributed by atoms with van der Waals surface area (Å²) in [5.74, 6) is 0.0246. The number of fused-ring (bicyclic) bond motifs is 1. The van der Waals surface area contributed by atoms with Crippen molar-refractivity contribution < 1.29 is 32.7 Å². The molecular formula is C31H42F2N4O5. The van der Waals surface area contributed by atoms with Gasteiger partial charge in [-0.3, -0.25) is 9.69 Å². The summed E-state index contributed by atoms with van der Waals surface area (Å²) in [5, 5.41) is 4.12. The highest BCUT2D eigenvalue weighted by molar-refractivity contribution is 6.04. The quantitative estimate of drug-likeness (QED) is 0.371. The van der Waals surface area contributed by atoms with Crippen molar-refractivity contribution in [3.8, 4) is 5.75 Å². The molecule has 4 heterocycles. The Kier molecular flexibility index (Phi) is 8.51. The SMILES string of the molecule is CO/N=C1\CC2(CCN(C(=O)C3(F)CCN(C/C=C/C4CN(C(=O)OC(C)(C)C)C4)CC3)CC2)Oc2ccc(F)cc21. The van der Waals surface area contributed by atoms with Gasteiger partial charge in [0, 0.05) is 89.4 Å². The van der Waals surface area contributed by atoms with E-state index in [9.17, 15) is 14.0 Å². The molecule has 3 saturated heterocycles. The van der Waals surface area contributed by atoms with E-state index >= 15 is 4.39 Å². The minimum Gasteiger partial charge on any atom is -0.486 e. The predicted molar refractivity (Wildman–Crippen MR) is 154 cm³/mol. The van der Waals surface area contributed by atoms with Gasteiger partial charge in [-0.1, -0.05) is 17.3 Å². The van der Waals surface area contributed by atoms with Gasteiger partial charge in [0.1, 0.15) is 29.9 Å². The molecule has 3 fully saturated rings. The van der Waals surface area contributed by atoms with E-state index in [1.165, 1.54) is 19.2 Å². The summed E-state index contributed by atoms with van der Waals surface area (Å²) in [6.07, 6.45) is 5.71. The lowest BCUT2D eigenvalue weighted by Crippen LogP contribution is -2.57. The first-order valence-electron chi connectivity index (χ1n) is 14.8. The molecule has 5 rings (SSSR count). The number of benzene rings is 1. The Morgan fingerprint density at radius 2 is 1.79 bits per heavy atom. The van der Waals surface area contributed by atoms with Gasteiger partial charge >= 0.3 is 6.09 Å². The lowest BCUT2D eigenvalue weighted by molar-refractivity contribution is -0.150. The summed E-state index contributed by atoms with van der Waals surface area (Å²) in [7, 11) is 1.45. The number of piperidine rings is 2. The molecule has 4 aliphatic rings. The number of nitrogens with zero attached hydrogens (tertiary/aromatic N) is 4. The average Bonchev–Trinajstić information content (AvgIpc) is 2.90. The highest BCUT2D eigenvalue weighted by atomic mass is 19.1. The minimum absolute atomic E-state index is 0.164. The molecule has 9 nitrogen and oxygen atoms in total. The number of ether oxygens (including phenoxy) is 2. The van der Waals surface area contributed by atoms with Crippen molar-refractivity contribution in [3.05, 3.63) is 41.7 Å². The topological polar surface area (TPSA) is 83.9 Å². The molecule has 11 heteroatoms. The van der Waals surface area contributed by atoms with Crippen LogP contribution in [0, 0.1) is 11.7 Å². The fraction of sp³-hybridized carbons (Fsp3) is 0.645. The number of amides is 2. The van der Waals surface area contributed by atoms with Crippen molar-refractivity contribution in [2.45, 2.75) is 69.7 Å². The first-order chi connectivity index (χ1) is 19.9. The highest BCUT2D eigenvalue weighted by Crippen LogP contribution is 2.41. The summed E-state index contributed by atoms with van der Waals surface area (Å²) in [6, 6.07) is 4.34. The molecule has 0 radical (unpaired) electrons. The second-order valence-electron chi connectivity index (χ2n) is 13.0. The maximum Gasteiger partial charge on any atom is 0.410 e. The number of alkyl halides is 1. The Labute approximate surface area is 246 Å². The molecule has 0 unspecified atom stereocenters. The molecule has 4 aliphatic heterocycles. The predicted octanol–water partition coefficient (Wildman–Crippen LogP) is 4.55. The molecule has 0 aliphatic carbocycles. The number of rotatable bonds is 5. The molecule has 1 spiro atoms. The monoisotopic (exact) mass is 588 g/mol. The van der Waals surface area contributed by atoms with Gasteiger partial charge in [0.2, 0.25) is 0 Å². The minimum atomic E-state index is -1.87. The van der Waals surface area contributed by atoms with E-state index in [0.29, 0.717) is 88.0 Å². The van der Waals surface area contributed by atoms with Crippen LogP contribution in [0.1, 0.15) is 58.4 Å². The van der Waals surface area contributed by atoms with Gasteiger partial charge in [-0.25, -0.2) is 13.6 Å². The zero-order chi connectivity index (χ0) is 30.1. The van der Waals surface area contributed by atoms with Gasteiger partial charge in [-0.05, 0) is 39.0 Å². The van der Waals surface area contributed by atoms with Crippen molar-refractivity contribution in [2.75, 3.05) is 52.9 Å². The fourth-order valence-electron chi connectivity index (χ4n) is 6.17. The zero-order valence-corrected chi connectivity index (χ0v) is 25.0. The molecular weight excluding hydrogens is 546 g/mol. The molecule has 1 aromatic rings. The van der Waals surface area contributed by atoms with E-state index < -0.39 is 22.8 Å². The Morgan fingerprint density at radius 1 is 1.10 bits per heavy atom. The maximum atomic E-state index is 15.9. The lowest BCUT2D eigenvalue weighted by Gasteiger charge is -2.46. The van der Waals surface area contributed by atoms with Gasteiger partial charge in [0.05, 0.1) is 5.71 Å². The normalized spacial score (nSPS) is 23.4. The lowest BCUT2D eigenvalue weighted by atomic mass is 9.81. The van der Waals surface area contributed by atoms with E-state index in [1.807, 2.05) is 20.8 Å². The van der Waals surface area contributed by atoms with E-state index in [0.717, 1.165) is 0 Å². The second kappa shape index (κ2) is 11.8. The molecule has 0 saturated carbocycles. The van der Waals surface area contributed by atoms with Crippen LogP contribution in [0.5, 0.6) is 5.75 Å². The molecule has 42 heavy (non-hydrogen) atoms. The van der Waals surface area contributed by atoms with E-state index in [-0.39, 0.29) is 24.8 Å². The van der Waals surface area contributed by atoms with Crippen LogP contribution in [0.2, 0.25) is 0 Å². The molecule has 0 N–H and O–H groups in total. The number of carbonyl (C=O) groups is 2. The van der Waals surface area contributed by atoms with Crippen molar-refractivity contribution >= 4 is 17.7 Å². The summed E-state index contributed by atoms with van der Waals surface area (Å²) in [6.45, 7) is 9.31. The van der Waals surface area contributed by atoms with E-state index in [4.69, 9.17) is 14.3 Å². The Balaban J connectivity index is 1.07. The first-order valence-corrected chi connectivity index (χ1v) is 14.8. The highest BCUT2D eigenvalue weighted by Gasteiger charge is 2.48. The Morgan fingerprint density at radius 3 is 2.43 bits per heavy atom. The Bertz CT molecular complexity index is 1220. The van der Waals surface area contributed by atoms with Crippen LogP contribution in [-0.2, 0) is 14.4 Å². The fourth-order valence-corrected chi connectivity index (χ4v) is 6.17. The van der Waals surface area contributed by atoms with E-state index in [2.05, 4.69) is 22.2 Å². The number of hydrogen-bond donors (Lipinski definition) is 0. The average molecular weight is 589 g/mol. The van der Waals surface area contributed by atoms with Gasteiger partial charge in [0.25, 0.3) is 5.91 Å². The standard InChI is InChI=1S/C31H42F2N4O5/c1-29(2,3)42-28(39)37-20-22(21-37)6-5-13-35-14-11-31(33,12-15-35)27(38)36-16-9-30(10-17-36)19-25(34-40-4)24-18-23(32)7-8-26(24)41-30/h5-8,18,22H,9-17,19-21H2,1-4H3/b6-5+,34-25+. The largest absolute Gasteiger partial charge is 0.486 e. The third-order valence-corrected chi connectivity index (χ3v) is 8.60. The third kappa shape index (κ3) is 6.71. The summed E-state index contributed by atoms with van der Waals surface area (Å²) in [4.78, 5) is 35.9. The molecule has 2 amide bonds. The zero-order valence-electron chi connectivity index (χ0n) is 25.0. The first kappa shape index (κ1) is 30.3. The smallest absolute Gasteiger partial charge is 0.410 e. The van der Waals surface area contributed by atoms with Crippen LogP contribution >= 0.6 is 0 Å². The number of likely N-dealkylation sites (tertiary alicyclic amines) is 3. The Hall–Kier alpha value is -3.21.